The molecule has 0 bridgehead atoms. The van der Waals surface area contributed by atoms with Crippen LogP contribution in [0.2, 0.25) is 0 Å². The van der Waals surface area contributed by atoms with Gasteiger partial charge in [-0.05, 0) is 87.8 Å². The fourth-order valence-corrected chi connectivity index (χ4v) is 8.84. The topological polar surface area (TPSA) is 46.7 Å². The van der Waals surface area contributed by atoms with Crippen LogP contribution >= 0.6 is 0 Å². The minimum absolute atomic E-state index is 0. The van der Waals surface area contributed by atoms with Crippen LogP contribution in [0.3, 0.4) is 0 Å². The van der Waals surface area contributed by atoms with Gasteiger partial charge in [0.2, 0.25) is 0 Å². The summed E-state index contributed by atoms with van der Waals surface area (Å²) < 4.78 is 12.2. The van der Waals surface area contributed by atoms with Crippen LogP contribution in [0.15, 0.2) is 201 Å². The van der Waals surface area contributed by atoms with Crippen LogP contribution < -0.4 is 5.46 Å². The molecule has 0 saturated carbocycles. The molecule has 0 N–H and O–H groups in total. The van der Waals surface area contributed by atoms with Crippen LogP contribution in [0.1, 0.15) is 50.9 Å². The number of hydrogen-bond donors (Lipinski definition) is 0. The molecule has 3 heterocycles. The van der Waals surface area contributed by atoms with Crippen LogP contribution in [0.5, 0.6) is 0 Å². The van der Waals surface area contributed by atoms with Crippen LogP contribution in [0, 0.1) is 12.1 Å². The first-order valence-electron chi connectivity index (χ1n) is 21.7. The predicted octanol–water partition coefficient (Wildman–Crippen LogP) is 14.7. The number of nitrogens with zero attached hydrogens (tertiary/aromatic N) is 2. The molecule has 1 saturated heterocycles. The maximum Gasteiger partial charge on any atom is 0.469 e. The van der Waals surface area contributed by atoms with Crippen molar-refractivity contribution in [3.63, 3.8) is 0 Å². The number of fused-ring (bicyclic) bond motifs is 3. The first-order chi connectivity index (χ1) is 30.7. The van der Waals surface area contributed by atoms with E-state index in [9.17, 15) is 0 Å². The van der Waals surface area contributed by atoms with Gasteiger partial charge < -0.3 is 19.9 Å². The van der Waals surface area contributed by atoms with Crippen LogP contribution in [-0.4, -0.2) is 18.3 Å². The van der Waals surface area contributed by atoms with Gasteiger partial charge in [0.15, 0.2) is 0 Å². The second-order valence-electron chi connectivity index (χ2n) is 17.3. The average molecular weight is 1200 g/mol. The molecule has 3 aliphatic heterocycles. The van der Waals surface area contributed by atoms with Gasteiger partial charge in [-0.3, -0.25) is 0 Å². The fourth-order valence-electron chi connectivity index (χ4n) is 8.84. The molecule has 0 amide bonds. The molecular weight excluding hydrogens is 1150 g/mol. The summed E-state index contributed by atoms with van der Waals surface area (Å²) in [4.78, 5) is 0. The van der Waals surface area contributed by atoms with Gasteiger partial charge in [0, 0.05) is 40.2 Å². The molecule has 326 valence electrons. The zero-order chi connectivity index (χ0) is 43.0. The third kappa shape index (κ3) is 9.16. The maximum atomic E-state index is 6.09. The largest absolute Gasteiger partial charge is 0.683 e. The van der Waals surface area contributed by atoms with Gasteiger partial charge in [-0.1, -0.05) is 164 Å². The minimum Gasteiger partial charge on any atom is -0.683 e. The van der Waals surface area contributed by atoms with Crippen LogP contribution in [-0.2, 0) is 49.5 Å². The fraction of sp³-hybridized carbons (Fsp3) is 0.138. The van der Waals surface area contributed by atoms with Crippen molar-refractivity contribution < 1.29 is 49.5 Å². The first-order valence-corrected chi connectivity index (χ1v) is 21.7. The molecule has 11 rings (SSSR count). The van der Waals surface area contributed by atoms with Gasteiger partial charge in [0.1, 0.15) is 0 Å². The van der Waals surface area contributed by atoms with E-state index in [1.165, 1.54) is 65.7 Å². The van der Waals surface area contributed by atoms with E-state index in [1.807, 2.05) is 48.8 Å². The molecule has 0 aromatic heterocycles. The summed E-state index contributed by atoms with van der Waals surface area (Å²) in [6.07, 6.45) is 15.8. The van der Waals surface area contributed by atoms with Gasteiger partial charge in [-0.15, -0.1) is 11.0 Å². The van der Waals surface area contributed by atoms with E-state index in [0.717, 1.165) is 16.6 Å². The Morgan fingerprint density at radius 3 is 1.54 bits per heavy atom. The van der Waals surface area contributed by atoms with E-state index in [2.05, 4.69) is 202 Å². The molecule has 3 aliphatic rings. The second-order valence-corrected chi connectivity index (χ2v) is 17.3. The summed E-state index contributed by atoms with van der Waals surface area (Å²) in [7, 11) is -0.341. The van der Waals surface area contributed by atoms with Crippen molar-refractivity contribution in [3.05, 3.63) is 234 Å². The average Bonchev–Trinajstić information content (AvgIpc) is 3.56. The number of hydrogen-bond acceptors (Lipinski definition) is 2. The SMILES string of the molecule is CC1(C)OB(c2cc[c-]c(C3C=CC=C[N-]3)c2)OC1(C)C.[Ir].[Ir].[c-]1ccc(-c2ccc(-c3cccc4ccccc34)c3c(-c4cccc5ccccc45)cccc23)cc1C1C=CC=C[N-]1. The van der Waals surface area contributed by atoms with E-state index < -0.39 is 0 Å². The van der Waals surface area contributed by atoms with Crippen molar-refractivity contribution in [2.75, 3.05) is 0 Å². The van der Waals surface area contributed by atoms with E-state index in [1.54, 1.807) is 0 Å². The van der Waals surface area contributed by atoms with E-state index in [0.29, 0.717) is 0 Å². The van der Waals surface area contributed by atoms with Crippen molar-refractivity contribution in [3.8, 4) is 33.4 Å². The van der Waals surface area contributed by atoms with Gasteiger partial charge >= 0.3 is 7.12 Å². The van der Waals surface area contributed by atoms with E-state index in [4.69, 9.17) is 9.31 Å². The molecule has 2 unspecified atom stereocenters. The Kier molecular flexibility index (Phi) is 13.8. The monoisotopic (exact) mass is 1200 g/mol. The Hall–Kier alpha value is -5.62. The number of allylic oxidation sites excluding steroid dienone is 4. The standard InChI is InChI=1S/C41H27N.C17H20BNO2.2Ir/c1-3-17-32-28(11-1)13-8-19-35(32)38-22-10-21-37-34(30-15-7-16-31(27-30)40-23-5-6-26-42-40)24-25-39(41(37)38)36-20-9-14-29-12-2-4-18-33(29)36;1-16(2)17(3,4)21-18(20-16)14-9-7-8-13(12-14)15-10-5-6-11-19-15;;/h1-15,17-27,40H;5-7,9-12,15H,1-4H3;;/q2*-2;;. The maximum absolute atomic E-state index is 6.09. The van der Waals surface area contributed by atoms with Crippen molar-refractivity contribution in [2.45, 2.75) is 51.0 Å². The third-order valence-corrected chi connectivity index (χ3v) is 12.8. The van der Waals surface area contributed by atoms with E-state index >= 15 is 0 Å². The summed E-state index contributed by atoms with van der Waals surface area (Å²) in [5.74, 6) is 0. The Morgan fingerprint density at radius 2 is 0.954 bits per heavy atom. The molecule has 2 atom stereocenters. The van der Waals surface area contributed by atoms with E-state index in [-0.39, 0.29) is 70.6 Å². The Morgan fingerprint density at radius 1 is 0.477 bits per heavy atom. The van der Waals surface area contributed by atoms with Gasteiger partial charge in [0.25, 0.3) is 0 Å². The first kappa shape index (κ1) is 45.9. The number of benzene rings is 8. The van der Waals surface area contributed by atoms with Crippen LogP contribution in [0.4, 0.5) is 0 Å². The Labute approximate surface area is 410 Å². The zero-order valence-corrected chi connectivity index (χ0v) is 41.5. The van der Waals surface area contributed by atoms with Crippen molar-refractivity contribution in [2.24, 2.45) is 0 Å². The second kappa shape index (κ2) is 19.5. The summed E-state index contributed by atoms with van der Waals surface area (Å²) in [5.41, 5.74) is 9.83. The zero-order valence-electron chi connectivity index (χ0n) is 36.7. The molecule has 8 aromatic carbocycles. The summed E-state index contributed by atoms with van der Waals surface area (Å²) in [6.45, 7) is 8.25. The number of rotatable bonds is 6. The molecule has 7 heteroatoms. The summed E-state index contributed by atoms with van der Waals surface area (Å²) in [6, 6.07) is 61.1. The summed E-state index contributed by atoms with van der Waals surface area (Å²) in [5, 5.41) is 16.6. The van der Waals surface area contributed by atoms with Gasteiger partial charge in [-0.2, -0.15) is 72.1 Å². The normalized spacial score (nSPS) is 17.7. The molecule has 8 aromatic rings. The quantitative estimate of drug-likeness (QED) is 0.123. The Balaban J connectivity index is 0.000000212. The van der Waals surface area contributed by atoms with Crippen LogP contribution in [0.25, 0.3) is 76.3 Å². The predicted molar refractivity (Wildman–Crippen MR) is 264 cm³/mol. The smallest absolute Gasteiger partial charge is 0.469 e. The molecule has 0 spiro atoms. The molecule has 2 radical (unpaired) electrons. The molecule has 4 nitrogen and oxygen atoms in total. The Bertz CT molecular complexity index is 3020. The van der Waals surface area contributed by atoms with Crippen molar-refractivity contribution in [1.82, 2.24) is 0 Å². The minimum atomic E-state index is -0.341. The van der Waals surface area contributed by atoms with Crippen molar-refractivity contribution >= 4 is 44.9 Å². The molecule has 65 heavy (non-hydrogen) atoms. The molecule has 1 fully saturated rings. The van der Waals surface area contributed by atoms with Gasteiger partial charge in [0.05, 0.1) is 11.2 Å². The molecular formula is C58H47BIr2N2O2-4. The third-order valence-electron chi connectivity index (χ3n) is 12.8. The summed E-state index contributed by atoms with van der Waals surface area (Å²) >= 11 is 0. The van der Waals surface area contributed by atoms with Gasteiger partial charge in [-0.25, -0.2) is 0 Å². The van der Waals surface area contributed by atoms with Crippen molar-refractivity contribution in [1.29, 1.82) is 0 Å². The molecule has 0 aliphatic carbocycles.